The number of carbonyl (C=O) groups excluding carboxylic acids is 3. The zero-order valence-electron chi connectivity index (χ0n) is 16.2. The summed E-state index contributed by atoms with van der Waals surface area (Å²) in [6.07, 6.45) is 3.81. The quantitative estimate of drug-likeness (QED) is 0.812. The van der Waals surface area contributed by atoms with E-state index in [9.17, 15) is 14.4 Å². The number of imide groups is 1. The Hall–Kier alpha value is -2.60. The maximum absolute atomic E-state index is 12.7. The number of nitrogens with zero attached hydrogens (tertiary/aromatic N) is 1. The van der Waals surface area contributed by atoms with Gasteiger partial charge in [0, 0.05) is 6.04 Å². The molecular formula is C23H24N2O3S. The average molecular weight is 409 g/mol. The minimum atomic E-state index is -0.219. The summed E-state index contributed by atoms with van der Waals surface area (Å²) in [4.78, 5) is 38.3. The van der Waals surface area contributed by atoms with Gasteiger partial charge in [-0.15, -0.1) is 0 Å². The second-order valence-electron chi connectivity index (χ2n) is 7.58. The second kappa shape index (κ2) is 8.82. The van der Waals surface area contributed by atoms with Crippen LogP contribution >= 0.6 is 11.8 Å². The molecule has 150 valence electrons. The standard InChI is InChI=1S/C23H24N2O3S/c26-21(14-16-10-12-18(13-11-16)17-6-2-1-3-7-17)24-19-8-4-5-9-20(19)25-22(27)15-29-23(25)28/h1-3,6-7,10-13,19-20H,4-5,8-9,14-15H2,(H,24,26). The molecule has 1 aliphatic heterocycles. The van der Waals surface area contributed by atoms with Crippen LogP contribution in [0.5, 0.6) is 0 Å². The lowest BCUT2D eigenvalue weighted by molar-refractivity contribution is -0.129. The van der Waals surface area contributed by atoms with Gasteiger partial charge in [-0.1, -0.05) is 79.2 Å². The van der Waals surface area contributed by atoms with Gasteiger partial charge in [0.2, 0.25) is 11.8 Å². The van der Waals surface area contributed by atoms with Crippen molar-refractivity contribution >= 4 is 28.8 Å². The minimum absolute atomic E-state index is 0.0684. The summed E-state index contributed by atoms with van der Waals surface area (Å²) < 4.78 is 0. The molecule has 0 spiro atoms. The maximum atomic E-state index is 12.7. The fourth-order valence-corrected chi connectivity index (χ4v) is 4.92. The van der Waals surface area contributed by atoms with Crippen LogP contribution in [0.25, 0.3) is 11.1 Å². The van der Waals surface area contributed by atoms with Gasteiger partial charge in [-0.05, 0) is 29.5 Å². The predicted molar refractivity (Wildman–Crippen MR) is 114 cm³/mol. The van der Waals surface area contributed by atoms with E-state index in [0.717, 1.165) is 54.1 Å². The summed E-state index contributed by atoms with van der Waals surface area (Å²) in [5, 5.41) is 2.90. The van der Waals surface area contributed by atoms with E-state index in [1.807, 2.05) is 42.5 Å². The molecule has 1 saturated carbocycles. The van der Waals surface area contributed by atoms with Gasteiger partial charge in [-0.25, -0.2) is 0 Å². The number of hydrogen-bond donors (Lipinski definition) is 1. The Morgan fingerprint density at radius 1 is 0.966 bits per heavy atom. The van der Waals surface area contributed by atoms with Crippen molar-refractivity contribution in [1.82, 2.24) is 10.2 Å². The number of benzene rings is 2. The average Bonchev–Trinajstić information content (AvgIpc) is 3.08. The van der Waals surface area contributed by atoms with Crippen LogP contribution in [0, 0.1) is 0 Å². The Bertz CT molecular complexity index is 882. The van der Waals surface area contributed by atoms with Gasteiger partial charge < -0.3 is 5.32 Å². The molecule has 2 aromatic rings. The molecule has 1 N–H and O–H groups in total. The van der Waals surface area contributed by atoms with Crippen molar-refractivity contribution < 1.29 is 14.4 Å². The van der Waals surface area contributed by atoms with Crippen molar-refractivity contribution in [3.05, 3.63) is 60.2 Å². The van der Waals surface area contributed by atoms with Crippen molar-refractivity contribution in [2.45, 2.75) is 44.2 Å². The summed E-state index contributed by atoms with van der Waals surface area (Å²) in [7, 11) is 0. The number of thioether (sulfide) groups is 1. The number of rotatable bonds is 5. The number of amides is 3. The number of carbonyl (C=O) groups is 3. The summed E-state index contributed by atoms with van der Waals surface area (Å²) in [6.45, 7) is 0. The van der Waals surface area contributed by atoms with E-state index >= 15 is 0 Å². The molecule has 1 heterocycles. The maximum Gasteiger partial charge on any atom is 0.289 e. The smallest absolute Gasteiger partial charge is 0.289 e. The first-order valence-corrected chi connectivity index (χ1v) is 11.0. The van der Waals surface area contributed by atoms with Crippen LogP contribution in [0.2, 0.25) is 0 Å². The monoisotopic (exact) mass is 408 g/mol. The molecule has 2 unspecified atom stereocenters. The van der Waals surface area contributed by atoms with Gasteiger partial charge >= 0.3 is 0 Å². The van der Waals surface area contributed by atoms with E-state index < -0.39 is 0 Å². The van der Waals surface area contributed by atoms with E-state index in [1.165, 1.54) is 4.90 Å². The molecule has 6 heteroatoms. The first-order valence-electron chi connectivity index (χ1n) is 10.0. The van der Waals surface area contributed by atoms with Crippen molar-refractivity contribution in [3.63, 3.8) is 0 Å². The lowest BCUT2D eigenvalue weighted by Gasteiger charge is -2.36. The van der Waals surface area contributed by atoms with Crippen LogP contribution in [0.4, 0.5) is 4.79 Å². The lowest BCUT2D eigenvalue weighted by atomic mass is 9.89. The number of hydrogen-bond acceptors (Lipinski definition) is 4. The van der Waals surface area contributed by atoms with Crippen molar-refractivity contribution in [2.75, 3.05) is 5.75 Å². The molecule has 1 saturated heterocycles. The number of nitrogens with one attached hydrogen (secondary N) is 1. The Balaban J connectivity index is 1.39. The highest BCUT2D eigenvalue weighted by Gasteiger charge is 2.41. The van der Waals surface area contributed by atoms with Gasteiger partial charge in [0.1, 0.15) is 0 Å². The van der Waals surface area contributed by atoms with Crippen LogP contribution in [0.3, 0.4) is 0 Å². The van der Waals surface area contributed by atoms with Crippen molar-refractivity contribution in [3.8, 4) is 11.1 Å². The highest BCUT2D eigenvalue weighted by atomic mass is 32.2. The largest absolute Gasteiger partial charge is 0.351 e. The van der Waals surface area contributed by atoms with E-state index in [1.54, 1.807) is 0 Å². The summed E-state index contributed by atoms with van der Waals surface area (Å²) in [6, 6.07) is 17.7. The van der Waals surface area contributed by atoms with Gasteiger partial charge in [-0.2, -0.15) is 0 Å². The van der Waals surface area contributed by atoms with Crippen LogP contribution in [-0.2, 0) is 16.0 Å². The first-order chi connectivity index (χ1) is 14.1. The van der Waals surface area contributed by atoms with Crippen LogP contribution < -0.4 is 5.32 Å². The molecule has 29 heavy (non-hydrogen) atoms. The topological polar surface area (TPSA) is 66.5 Å². The SMILES string of the molecule is O=C(Cc1ccc(-c2ccccc2)cc1)NC1CCCCC1N1C(=O)CSC1=O. The third-order valence-electron chi connectivity index (χ3n) is 5.62. The molecule has 2 fully saturated rings. The Labute approximate surface area is 174 Å². The Kier molecular flexibility index (Phi) is 6.00. The second-order valence-corrected chi connectivity index (χ2v) is 8.51. The fraction of sp³-hybridized carbons (Fsp3) is 0.348. The first kappa shape index (κ1) is 19.7. The molecule has 1 aliphatic carbocycles. The predicted octanol–water partition coefficient (Wildman–Crippen LogP) is 4.02. The third-order valence-corrected chi connectivity index (χ3v) is 6.45. The third kappa shape index (κ3) is 4.53. The molecule has 0 bridgehead atoms. The fourth-order valence-electron chi connectivity index (χ4n) is 4.16. The van der Waals surface area contributed by atoms with Crippen molar-refractivity contribution in [2.24, 2.45) is 0 Å². The molecule has 2 atom stereocenters. The molecule has 2 aliphatic rings. The van der Waals surface area contributed by atoms with Crippen LogP contribution in [0.15, 0.2) is 54.6 Å². The summed E-state index contributed by atoms with van der Waals surface area (Å²) in [5.41, 5.74) is 3.20. The summed E-state index contributed by atoms with van der Waals surface area (Å²) in [5.74, 6) is 0.00721. The van der Waals surface area contributed by atoms with Gasteiger partial charge in [0.05, 0.1) is 18.2 Å². The van der Waals surface area contributed by atoms with E-state index in [2.05, 4.69) is 17.4 Å². The van der Waals surface area contributed by atoms with Gasteiger partial charge in [0.15, 0.2) is 0 Å². The molecule has 3 amide bonds. The molecule has 0 aromatic heterocycles. The summed E-state index contributed by atoms with van der Waals surface area (Å²) >= 11 is 1.05. The Morgan fingerprint density at radius 3 is 2.34 bits per heavy atom. The van der Waals surface area contributed by atoms with E-state index in [-0.39, 0.29) is 41.3 Å². The van der Waals surface area contributed by atoms with Crippen LogP contribution in [0.1, 0.15) is 31.2 Å². The van der Waals surface area contributed by atoms with Crippen molar-refractivity contribution in [1.29, 1.82) is 0 Å². The van der Waals surface area contributed by atoms with Gasteiger partial charge in [0.25, 0.3) is 5.24 Å². The normalized spacial score (nSPS) is 22.0. The van der Waals surface area contributed by atoms with Crippen LogP contribution in [-0.4, -0.2) is 39.8 Å². The molecule has 5 nitrogen and oxygen atoms in total. The molecular weight excluding hydrogens is 384 g/mol. The highest BCUT2D eigenvalue weighted by Crippen LogP contribution is 2.30. The van der Waals surface area contributed by atoms with Gasteiger partial charge in [-0.3, -0.25) is 19.3 Å². The molecule has 2 aromatic carbocycles. The Morgan fingerprint density at radius 2 is 1.66 bits per heavy atom. The van der Waals surface area contributed by atoms with E-state index in [4.69, 9.17) is 0 Å². The lowest BCUT2D eigenvalue weighted by Crippen LogP contribution is -2.55. The van der Waals surface area contributed by atoms with E-state index in [0.29, 0.717) is 0 Å². The molecule has 4 rings (SSSR count). The highest BCUT2D eigenvalue weighted by molar-refractivity contribution is 8.14. The minimum Gasteiger partial charge on any atom is -0.351 e. The zero-order chi connectivity index (χ0) is 20.2. The zero-order valence-corrected chi connectivity index (χ0v) is 17.0. The molecule has 0 radical (unpaired) electrons.